The molecule has 24 heavy (non-hydrogen) atoms. The Labute approximate surface area is 139 Å². The van der Waals surface area contributed by atoms with E-state index in [2.05, 4.69) is 15.4 Å². The molecule has 2 N–H and O–H groups in total. The van der Waals surface area contributed by atoms with Gasteiger partial charge in [0.2, 0.25) is 5.91 Å². The van der Waals surface area contributed by atoms with Crippen molar-refractivity contribution in [3.63, 3.8) is 0 Å². The number of para-hydroxylation sites is 1. The fourth-order valence-electron chi connectivity index (χ4n) is 2.33. The number of anilines is 1. The summed E-state index contributed by atoms with van der Waals surface area (Å²) in [6.45, 7) is 1.06. The number of ether oxygens (including phenoxy) is 1. The van der Waals surface area contributed by atoms with Crippen LogP contribution in [0.3, 0.4) is 0 Å². The van der Waals surface area contributed by atoms with Gasteiger partial charge in [-0.1, -0.05) is 30.3 Å². The second kappa shape index (κ2) is 8.40. The number of rotatable bonds is 7. The Morgan fingerprint density at radius 2 is 1.79 bits per heavy atom. The molecule has 1 atom stereocenters. The van der Waals surface area contributed by atoms with Crippen LogP contribution in [0.1, 0.15) is 31.0 Å². The lowest BCUT2D eigenvalue weighted by molar-refractivity contribution is -0.114. The molecular formula is C18H20F2N2O2. The zero-order chi connectivity index (χ0) is 17.5. The summed E-state index contributed by atoms with van der Waals surface area (Å²) in [6.07, 6.45) is 0. The van der Waals surface area contributed by atoms with E-state index in [1.165, 1.54) is 13.0 Å². The third kappa shape index (κ3) is 5.31. The first-order valence-corrected chi connectivity index (χ1v) is 7.59. The van der Waals surface area contributed by atoms with Gasteiger partial charge in [0.25, 0.3) is 0 Å². The van der Waals surface area contributed by atoms with Crippen molar-refractivity contribution in [3.8, 4) is 5.75 Å². The summed E-state index contributed by atoms with van der Waals surface area (Å²) in [4.78, 5) is 11.0. The number of amides is 1. The van der Waals surface area contributed by atoms with E-state index in [0.29, 0.717) is 12.1 Å². The molecule has 4 nitrogen and oxygen atoms in total. The van der Waals surface area contributed by atoms with Gasteiger partial charge in [0.05, 0.1) is 0 Å². The van der Waals surface area contributed by atoms with Crippen molar-refractivity contribution in [1.29, 1.82) is 0 Å². The SMILES string of the molecule is CC(=O)Nc1ccc(CNC(C)c2ccccc2OC(F)F)cc1. The smallest absolute Gasteiger partial charge is 0.387 e. The summed E-state index contributed by atoms with van der Waals surface area (Å²) in [5.74, 6) is 0.0543. The van der Waals surface area contributed by atoms with Gasteiger partial charge in [0.15, 0.2) is 0 Å². The molecule has 0 aliphatic heterocycles. The maximum absolute atomic E-state index is 12.5. The van der Waals surface area contributed by atoms with Crippen LogP contribution in [-0.4, -0.2) is 12.5 Å². The number of carbonyl (C=O) groups excluding carboxylic acids is 1. The number of benzene rings is 2. The standard InChI is InChI=1S/C18H20F2N2O2/c1-12(16-5-3-4-6-17(16)24-18(19)20)21-11-14-7-9-15(10-8-14)22-13(2)23/h3-10,12,18,21H,11H2,1-2H3,(H,22,23). The van der Waals surface area contributed by atoms with E-state index in [9.17, 15) is 13.6 Å². The highest BCUT2D eigenvalue weighted by Crippen LogP contribution is 2.26. The molecule has 0 aromatic heterocycles. The Morgan fingerprint density at radius 3 is 2.42 bits per heavy atom. The first-order valence-electron chi connectivity index (χ1n) is 7.59. The molecule has 0 bridgehead atoms. The lowest BCUT2D eigenvalue weighted by Crippen LogP contribution is -2.19. The highest BCUT2D eigenvalue weighted by Gasteiger charge is 2.14. The summed E-state index contributed by atoms with van der Waals surface area (Å²) in [6, 6.07) is 14.0. The third-order valence-corrected chi connectivity index (χ3v) is 3.49. The van der Waals surface area contributed by atoms with Crippen molar-refractivity contribution in [2.75, 3.05) is 5.32 Å². The number of halogens is 2. The molecule has 2 aromatic carbocycles. The minimum Gasteiger partial charge on any atom is -0.434 e. The average molecular weight is 334 g/mol. The van der Waals surface area contributed by atoms with Crippen LogP contribution < -0.4 is 15.4 Å². The maximum atomic E-state index is 12.5. The van der Waals surface area contributed by atoms with Crippen LogP contribution in [0.5, 0.6) is 5.75 Å². The fraction of sp³-hybridized carbons (Fsp3) is 0.278. The van der Waals surface area contributed by atoms with E-state index in [-0.39, 0.29) is 17.7 Å². The molecule has 0 saturated heterocycles. The number of hydrogen-bond donors (Lipinski definition) is 2. The molecule has 0 fully saturated rings. The molecule has 2 aromatic rings. The predicted octanol–water partition coefficient (Wildman–Crippen LogP) is 4.10. The Morgan fingerprint density at radius 1 is 1.12 bits per heavy atom. The van der Waals surface area contributed by atoms with Crippen LogP contribution in [0.2, 0.25) is 0 Å². The molecule has 0 spiro atoms. The third-order valence-electron chi connectivity index (χ3n) is 3.49. The summed E-state index contributed by atoms with van der Waals surface area (Å²) < 4.78 is 29.5. The Balaban J connectivity index is 1.98. The minimum atomic E-state index is -2.85. The zero-order valence-corrected chi connectivity index (χ0v) is 13.6. The highest BCUT2D eigenvalue weighted by molar-refractivity contribution is 5.88. The normalized spacial score (nSPS) is 12.0. The molecule has 0 saturated carbocycles. The maximum Gasteiger partial charge on any atom is 0.387 e. The molecule has 6 heteroatoms. The Hall–Kier alpha value is -2.47. The van der Waals surface area contributed by atoms with Crippen molar-refractivity contribution in [3.05, 3.63) is 59.7 Å². The molecule has 1 amide bonds. The molecule has 0 aliphatic carbocycles. The van der Waals surface area contributed by atoms with Gasteiger partial charge < -0.3 is 15.4 Å². The Bertz CT molecular complexity index is 675. The Kier molecular flexibility index (Phi) is 6.26. The minimum absolute atomic E-state index is 0.120. The van der Waals surface area contributed by atoms with E-state index >= 15 is 0 Å². The fourth-order valence-corrected chi connectivity index (χ4v) is 2.33. The van der Waals surface area contributed by atoms with Crippen LogP contribution in [0, 0.1) is 0 Å². The van der Waals surface area contributed by atoms with E-state index in [1.54, 1.807) is 18.2 Å². The van der Waals surface area contributed by atoms with Crippen LogP contribution in [-0.2, 0) is 11.3 Å². The topological polar surface area (TPSA) is 50.4 Å². The monoisotopic (exact) mass is 334 g/mol. The first kappa shape index (κ1) is 17.9. The number of hydrogen-bond acceptors (Lipinski definition) is 3. The van der Waals surface area contributed by atoms with E-state index in [0.717, 1.165) is 11.3 Å². The molecule has 1 unspecified atom stereocenters. The summed E-state index contributed by atoms with van der Waals surface area (Å²) in [7, 11) is 0. The lowest BCUT2D eigenvalue weighted by atomic mass is 10.1. The van der Waals surface area contributed by atoms with Crippen molar-refractivity contribution in [2.24, 2.45) is 0 Å². The summed E-state index contributed by atoms with van der Waals surface area (Å²) in [5.41, 5.74) is 2.42. The predicted molar refractivity (Wildman–Crippen MR) is 89.1 cm³/mol. The van der Waals surface area contributed by atoms with Gasteiger partial charge >= 0.3 is 6.61 Å². The lowest BCUT2D eigenvalue weighted by Gasteiger charge is -2.18. The zero-order valence-electron chi connectivity index (χ0n) is 13.6. The van der Waals surface area contributed by atoms with Gasteiger partial charge in [-0.15, -0.1) is 0 Å². The summed E-state index contributed by atoms with van der Waals surface area (Å²) >= 11 is 0. The van der Waals surface area contributed by atoms with Gasteiger partial charge in [-0.25, -0.2) is 0 Å². The number of alkyl halides is 2. The van der Waals surface area contributed by atoms with Crippen molar-refractivity contribution >= 4 is 11.6 Å². The van der Waals surface area contributed by atoms with Crippen LogP contribution >= 0.6 is 0 Å². The van der Waals surface area contributed by atoms with E-state index in [4.69, 9.17) is 0 Å². The number of nitrogens with one attached hydrogen (secondary N) is 2. The largest absolute Gasteiger partial charge is 0.434 e. The van der Waals surface area contributed by atoms with Gasteiger partial charge in [-0.3, -0.25) is 4.79 Å². The second-order valence-electron chi connectivity index (χ2n) is 5.40. The number of carbonyl (C=O) groups is 1. The second-order valence-corrected chi connectivity index (χ2v) is 5.40. The van der Waals surface area contributed by atoms with E-state index < -0.39 is 6.61 Å². The first-order chi connectivity index (χ1) is 11.5. The van der Waals surface area contributed by atoms with Crippen LogP contribution in [0.4, 0.5) is 14.5 Å². The molecule has 0 radical (unpaired) electrons. The van der Waals surface area contributed by atoms with Gasteiger partial charge in [0.1, 0.15) is 5.75 Å². The quantitative estimate of drug-likeness (QED) is 0.801. The van der Waals surface area contributed by atoms with Gasteiger partial charge in [-0.05, 0) is 30.7 Å². The van der Waals surface area contributed by atoms with Crippen molar-refractivity contribution in [2.45, 2.75) is 33.0 Å². The summed E-state index contributed by atoms with van der Waals surface area (Å²) in [5, 5.41) is 5.98. The molecule has 2 rings (SSSR count). The highest BCUT2D eigenvalue weighted by atomic mass is 19.3. The van der Waals surface area contributed by atoms with Gasteiger partial charge in [0, 0.05) is 30.8 Å². The molecular weight excluding hydrogens is 314 g/mol. The van der Waals surface area contributed by atoms with Crippen LogP contribution in [0.25, 0.3) is 0 Å². The van der Waals surface area contributed by atoms with Gasteiger partial charge in [-0.2, -0.15) is 8.78 Å². The molecule has 128 valence electrons. The molecule has 0 heterocycles. The van der Waals surface area contributed by atoms with Crippen molar-refractivity contribution in [1.82, 2.24) is 5.32 Å². The van der Waals surface area contributed by atoms with Crippen molar-refractivity contribution < 1.29 is 18.3 Å². The van der Waals surface area contributed by atoms with E-state index in [1.807, 2.05) is 31.2 Å². The average Bonchev–Trinajstić information content (AvgIpc) is 2.53. The molecule has 0 aliphatic rings. The van der Waals surface area contributed by atoms with Crippen LogP contribution in [0.15, 0.2) is 48.5 Å².